The molecule has 1 aromatic rings. The topological polar surface area (TPSA) is 38.0 Å². The Labute approximate surface area is 91.5 Å². The number of thiophene rings is 1. The predicted octanol–water partition coefficient (Wildman–Crippen LogP) is 2.44. The maximum Gasteiger partial charge on any atom is 0.264 e. The molecule has 0 aromatic carbocycles. The molecule has 2 unspecified atom stereocenters. The van der Waals surface area contributed by atoms with Crippen molar-refractivity contribution in [3.05, 3.63) is 21.9 Å². The van der Waals surface area contributed by atoms with Gasteiger partial charge in [-0.3, -0.25) is 0 Å². The second-order valence-electron chi connectivity index (χ2n) is 3.88. The van der Waals surface area contributed by atoms with E-state index in [1.54, 1.807) is 0 Å². The van der Waals surface area contributed by atoms with Crippen LogP contribution in [0.2, 0.25) is 0 Å². The third-order valence-electron chi connectivity index (χ3n) is 2.79. The van der Waals surface area contributed by atoms with Crippen molar-refractivity contribution in [3.63, 3.8) is 0 Å². The second kappa shape index (κ2) is 4.55. The molecule has 1 fully saturated rings. The lowest BCUT2D eigenvalue weighted by molar-refractivity contribution is 0.149. The van der Waals surface area contributed by atoms with Crippen LogP contribution in [-0.4, -0.2) is 12.6 Å². The molecule has 2 heterocycles. The van der Waals surface area contributed by atoms with Gasteiger partial charge in [0.05, 0.1) is 0 Å². The summed E-state index contributed by atoms with van der Waals surface area (Å²) in [5.74, 6) is 0. The van der Waals surface area contributed by atoms with E-state index in [4.69, 9.17) is 5.73 Å². The predicted molar refractivity (Wildman–Crippen MR) is 57.2 cm³/mol. The molecule has 15 heavy (non-hydrogen) atoms. The molecule has 1 aliphatic heterocycles. The zero-order valence-corrected chi connectivity index (χ0v) is 9.07. The molecule has 3 N–H and O–H groups in total. The van der Waals surface area contributed by atoms with Crippen molar-refractivity contribution < 1.29 is 8.78 Å². The number of piperidine rings is 1. The Bertz CT molecular complexity index is 319. The quantitative estimate of drug-likeness (QED) is 0.822. The summed E-state index contributed by atoms with van der Waals surface area (Å²) >= 11 is 1.34. The fourth-order valence-electron chi connectivity index (χ4n) is 1.92. The number of nitrogens with two attached hydrogens (primary N) is 1. The summed E-state index contributed by atoms with van der Waals surface area (Å²) in [5, 5.41) is 6.57. The van der Waals surface area contributed by atoms with Crippen LogP contribution in [0.1, 0.15) is 36.4 Å². The maximum absolute atomic E-state index is 12.6. The van der Waals surface area contributed by atoms with Gasteiger partial charge in [0.2, 0.25) is 0 Å². The van der Waals surface area contributed by atoms with Crippen LogP contribution < -0.4 is 11.1 Å². The average Bonchev–Trinajstić information content (AvgIpc) is 2.67. The van der Waals surface area contributed by atoms with Gasteiger partial charge in [-0.1, -0.05) is 0 Å². The fourth-order valence-corrected chi connectivity index (χ4v) is 2.82. The van der Waals surface area contributed by atoms with Gasteiger partial charge >= 0.3 is 0 Å². The number of nitrogens with one attached hydrogen (secondary N) is 1. The molecule has 1 aliphatic rings. The van der Waals surface area contributed by atoms with E-state index in [1.807, 2.05) is 5.38 Å². The van der Waals surface area contributed by atoms with Crippen LogP contribution in [0, 0.1) is 0 Å². The van der Waals surface area contributed by atoms with Gasteiger partial charge in [-0.25, -0.2) is 8.78 Å². The van der Waals surface area contributed by atoms with Crippen LogP contribution >= 0.6 is 11.3 Å². The number of halogens is 2. The van der Waals surface area contributed by atoms with Gasteiger partial charge in [-0.05, 0) is 29.2 Å². The van der Waals surface area contributed by atoms with E-state index in [0.717, 1.165) is 18.4 Å². The third kappa shape index (κ3) is 2.35. The molecule has 0 aliphatic carbocycles. The van der Waals surface area contributed by atoms with Crippen molar-refractivity contribution in [1.29, 1.82) is 0 Å². The molecular formula is C10H14F2N2S. The molecule has 0 saturated carbocycles. The summed E-state index contributed by atoms with van der Waals surface area (Å²) in [5.41, 5.74) is 6.67. The van der Waals surface area contributed by atoms with Crippen LogP contribution in [0.4, 0.5) is 8.78 Å². The molecule has 5 heteroatoms. The first-order valence-electron chi connectivity index (χ1n) is 5.01. The highest BCUT2D eigenvalue weighted by Gasteiger charge is 2.24. The molecule has 1 saturated heterocycles. The maximum atomic E-state index is 12.6. The van der Waals surface area contributed by atoms with E-state index in [1.165, 1.54) is 16.7 Å². The van der Waals surface area contributed by atoms with Gasteiger partial charge in [0.1, 0.15) is 0 Å². The van der Waals surface area contributed by atoms with Gasteiger partial charge in [0.25, 0.3) is 6.43 Å². The summed E-state index contributed by atoms with van der Waals surface area (Å²) in [7, 11) is 0. The van der Waals surface area contributed by atoms with Gasteiger partial charge in [0, 0.05) is 24.2 Å². The van der Waals surface area contributed by atoms with E-state index in [0.29, 0.717) is 6.54 Å². The Morgan fingerprint density at radius 1 is 1.40 bits per heavy atom. The van der Waals surface area contributed by atoms with E-state index in [-0.39, 0.29) is 17.6 Å². The van der Waals surface area contributed by atoms with Crippen molar-refractivity contribution in [2.75, 3.05) is 6.54 Å². The minimum Gasteiger partial charge on any atom is -0.327 e. The van der Waals surface area contributed by atoms with Gasteiger partial charge in [-0.2, -0.15) is 11.3 Å². The molecule has 2 atom stereocenters. The Morgan fingerprint density at radius 3 is 2.80 bits per heavy atom. The van der Waals surface area contributed by atoms with E-state index >= 15 is 0 Å². The molecule has 0 spiro atoms. The summed E-state index contributed by atoms with van der Waals surface area (Å²) in [6.07, 6.45) is -0.628. The SMILES string of the molecule is NC1CCC(c2cscc2C(F)F)NC1. The van der Waals surface area contributed by atoms with Crippen LogP contribution in [0.5, 0.6) is 0 Å². The standard InChI is InChI=1S/C10H14F2N2S/c11-10(12)8-5-15-4-7(8)9-2-1-6(13)3-14-9/h4-6,9-10,14H,1-3,13H2. The molecule has 84 valence electrons. The Kier molecular flexibility index (Phi) is 3.33. The summed E-state index contributed by atoms with van der Waals surface area (Å²) < 4.78 is 25.3. The Morgan fingerprint density at radius 2 is 2.20 bits per heavy atom. The van der Waals surface area contributed by atoms with Crippen LogP contribution in [-0.2, 0) is 0 Å². The molecule has 2 rings (SSSR count). The van der Waals surface area contributed by atoms with Gasteiger partial charge < -0.3 is 11.1 Å². The van der Waals surface area contributed by atoms with Crippen LogP contribution in [0.15, 0.2) is 10.8 Å². The van der Waals surface area contributed by atoms with E-state index in [9.17, 15) is 8.78 Å². The van der Waals surface area contributed by atoms with Crippen LogP contribution in [0.3, 0.4) is 0 Å². The first-order chi connectivity index (χ1) is 7.18. The van der Waals surface area contributed by atoms with Crippen molar-refractivity contribution in [3.8, 4) is 0 Å². The summed E-state index contributed by atoms with van der Waals surface area (Å²) in [4.78, 5) is 0. The summed E-state index contributed by atoms with van der Waals surface area (Å²) in [6.45, 7) is 0.711. The highest BCUT2D eigenvalue weighted by molar-refractivity contribution is 7.08. The monoisotopic (exact) mass is 232 g/mol. The lowest BCUT2D eigenvalue weighted by Gasteiger charge is -2.28. The number of hydrogen-bond donors (Lipinski definition) is 2. The molecule has 0 bridgehead atoms. The Hall–Kier alpha value is -0.520. The Balaban J connectivity index is 2.12. The van der Waals surface area contributed by atoms with Gasteiger partial charge in [-0.15, -0.1) is 0 Å². The van der Waals surface area contributed by atoms with E-state index in [2.05, 4.69) is 5.32 Å². The highest BCUT2D eigenvalue weighted by atomic mass is 32.1. The van der Waals surface area contributed by atoms with Crippen molar-refractivity contribution in [2.24, 2.45) is 5.73 Å². The molecule has 0 radical (unpaired) electrons. The average molecular weight is 232 g/mol. The first kappa shape index (κ1) is 11.0. The molecular weight excluding hydrogens is 218 g/mol. The smallest absolute Gasteiger partial charge is 0.264 e. The largest absolute Gasteiger partial charge is 0.327 e. The first-order valence-corrected chi connectivity index (χ1v) is 5.96. The van der Waals surface area contributed by atoms with Crippen molar-refractivity contribution in [1.82, 2.24) is 5.32 Å². The third-order valence-corrected chi connectivity index (χ3v) is 3.57. The van der Waals surface area contributed by atoms with Crippen molar-refractivity contribution >= 4 is 11.3 Å². The lowest BCUT2D eigenvalue weighted by atomic mass is 9.95. The second-order valence-corrected chi connectivity index (χ2v) is 4.62. The normalized spacial score (nSPS) is 27.2. The van der Waals surface area contributed by atoms with Gasteiger partial charge in [0.15, 0.2) is 0 Å². The molecule has 0 amide bonds. The molecule has 2 nitrogen and oxygen atoms in total. The van der Waals surface area contributed by atoms with Crippen LogP contribution in [0.25, 0.3) is 0 Å². The zero-order valence-electron chi connectivity index (χ0n) is 8.25. The number of rotatable bonds is 2. The zero-order chi connectivity index (χ0) is 10.8. The minimum atomic E-state index is -2.37. The highest BCUT2D eigenvalue weighted by Crippen LogP contribution is 2.33. The number of hydrogen-bond acceptors (Lipinski definition) is 3. The lowest BCUT2D eigenvalue weighted by Crippen LogP contribution is -2.41. The minimum absolute atomic E-state index is 0.0556. The van der Waals surface area contributed by atoms with E-state index < -0.39 is 6.43 Å². The number of alkyl halides is 2. The van der Waals surface area contributed by atoms with Crippen molar-refractivity contribution in [2.45, 2.75) is 31.4 Å². The molecule has 1 aromatic heterocycles. The summed E-state index contributed by atoms with van der Waals surface area (Å²) in [6, 6.07) is 0.218. The fraction of sp³-hybridized carbons (Fsp3) is 0.600.